The Kier molecular flexibility index (Phi) is 3.65. The van der Waals surface area contributed by atoms with Gasteiger partial charge in [0.25, 0.3) is 0 Å². The summed E-state index contributed by atoms with van der Waals surface area (Å²) in [5, 5.41) is 4.24. The highest BCUT2D eigenvalue weighted by Gasteiger charge is 2.57. The van der Waals surface area contributed by atoms with Crippen molar-refractivity contribution in [3.63, 3.8) is 0 Å². The SMILES string of the molecule is CO[C@@H]1[C@H]2OC(C)(C)O[C@H]2O[C@@H]1C1=NO[C@H](c2ccccc2)C1. The van der Waals surface area contributed by atoms with Crippen molar-refractivity contribution in [2.24, 2.45) is 5.16 Å². The summed E-state index contributed by atoms with van der Waals surface area (Å²) in [5.74, 6) is -0.655. The zero-order chi connectivity index (χ0) is 16.0. The number of oxime groups is 1. The highest BCUT2D eigenvalue weighted by Crippen LogP contribution is 2.41. The molecule has 5 atom stereocenters. The van der Waals surface area contributed by atoms with Gasteiger partial charge in [-0.3, -0.25) is 0 Å². The molecule has 0 saturated carbocycles. The first-order valence-corrected chi connectivity index (χ1v) is 7.89. The smallest absolute Gasteiger partial charge is 0.190 e. The van der Waals surface area contributed by atoms with Gasteiger partial charge in [0.1, 0.15) is 18.3 Å². The van der Waals surface area contributed by atoms with Gasteiger partial charge in [-0.05, 0) is 19.4 Å². The van der Waals surface area contributed by atoms with Crippen molar-refractivity contribution in [1.82, 2.24) is 0 Å². The topological polar surface area (TPSA) is 58.5 Å². The third-order valence-electron chi connectivity index (χ3n) is 4.45. The van der Waals surface area contributed by atoms with Crippen LogP contribution in [0.15, 0.2) is 35.5 Å². The lowest BCUT2D eigenvalue weighted by Crippen LogP contribution is -2.39. The predicted octanol–water partition coefficient (Wildman–Crippen LogP) is 2.40. The van der Waals surface area contributed by atoms with Gasteiger partial charge in [-0.25, -0.2) is 0 Å². The Bertz CT molecular complexity index is 602. The van der Waals surface area contributed by atoms with E-state index in [0.29, 0.717) is 6.42 Å². The van der Waals surface area contributed by atoms with E-state index in [2.05, 4.69) is 5.16 Å². The van der Waals surface area contributed by atoms with Crippen molar-refractivity contribution < 1.29 is 23.8 Å². The molecular weight excluding hydrogens is 298 g/mol. The lowest BCUT2D eigenvalue weighted by atomic mass is 9.99. The van der Waals surface area contributed by atoms with Gasteiger partial charge < -0.3 is 23.8 Å². The molecule has 2 fully saturated rings. The molecule has 1 aromatic rings. The highest BCUT2D eigenvalue weighted by molar-refractivity contribution is 5.90. The van der Waals surface area contributed by atoms with Gasteiger partial charge in [-0.15, -0.1) is 0 Å². The van der Waals surface area contributed by atoms with Crippen molar-refractivity contribution in [2.75, 3.05) is 7.11 Å². The van der Waals surface area contributed by atoms with E-state index >= 15 is 0 Å². The summed E-state index contributed by atoms with van der Waals surface area (Å²) >= 11 is 0. The van der Waals surface area contributed by atoms with E-state index in [1.54, 1.807) is 7.11 Å². The van der Waals surface area contributed by atoms with Crippen molar-refractivity contribution in [2.45, 2.75) is 56.8 Å². The van der Waals surface area contributed by atoms with Gasteiger partial charge in [-0.1, -0.05) is 35.5 Å². The number of benzene rings is 1. The average molecular weight is 319 g/mol. The Balaban J connectivity index is 1.47. The van der Waals surface area contributed by atoms with Crippen LogP contribution in [-0.4, -0.2) is 43.2 Å². The lowest BCUT2D eigenvalue weighted by molar-refractivity contribution is -0.208. The maximum absolute atomic E-state index is 6.01. The minimum Gasteiger partial charge on any atom is -0.387 e. The Morgan fingerprint density at radius 3 is 2.70 bits per heavy atom. The summed E-state index contributed by atoms with van der Waals surface area (Å²) in [6.45, 7) is 3.75. The van der Waals surface area contributed by atoms with Gasteiger partial charge >= 0.3 is 0 Å². The minimum atomic E-state index is -0.655. The van der Waals surface area contributed by atoms with Crippen molar-refractivity contribution >= 4 is 5.71 Å². The van der Waals surface area contributed by atoms with Crippen LogP contribution >= 0.6 is 0 Å². The van der Waals surface area contributed by atoms with Crippen molar-refractivity contribution in [3.05, 3.63) is 35.9 Å². The molecule has 0 aliphatic carbocycles. The molecule has 2 saturated heterocycles. The molecule has 0 unspecified atom stereocenters. The number of rotatable bonds is 3. The summed E-state index contributed by atoms with van der Waals surface area (Å²) in [6, 6.07) is 10.1. The molecule has 0 N–H and O–H groups in total. The van der Waals surface area contributed by atoms with Gasteiger partial charge in [0.05, 0.1) is 5.71 Å². The fourth-order valence-electron chi connectivity index (χ4n) is 3.42. The van der Waals surface area contributed by atoms with Crippen molar-refractivity contribution in [3.8, 4) is 0 Å². The molecule has 6 nitrogen and oxygen atoms in total. The highest BCUT2D eigenvalue weighted by atomic mass is 16.8. The first-order valence-electron chi connectivity index (χ1n) is 7.89. The van der Waals surface area contributed by atoms with E-state index in [4.69, 9.17) is 23.8 Å². The third kappa shape index (κ3) is 2.65. The molecule has 3 heterocycles. The van der Waals surface area contributed by atoms with E-state index in [1.165, 1.54) is 0 Å². The van der Waals surface area contributed by atoms with E-state index < -0.39 is 12.1 Å². The van der Waals surface area contributed by atoms with E-state index in [9.17, 15) is 0 Å². The maximum atomic E-state index is 6.01. The van der Waals surface area contributed by atoms with Crippen LogP contribution in [0.2, 0.25) is 0 Å². The Labute approximate surface area is 135 Å². The van der Waals surface area contributed by atoms with Crippen LogP contribution in [-0.2, 0) is 23.8 Å². The number of ether oxygens (including phenoxy) is 4. The predicted molar refractivity (Wildman–Crippen MR) is 81.8 cm³/mol. The number of hydrogen-bond donors (Lipinski definition) is 0. The first-order chi connectivity index (χ1) is 11.1. The second-order valence-electron chi connectivity index (χ2n) is 6.52. The number of fused-ring (bicyclic) bond motifs is 1. The minimum absolute atomic E-state index is 0.0778. The van der Waals surface area contributed by atoms with Crippen LogP contribution in [0.5, 0.6) is 0 Å². The Hall–Kier alpha value is -1.47. The molecule has 3 aliphatic rings. The fourth-order valence-corrected chi connectivity index (χ4v) is 3.42. The molecule has 23 heavy (non-hydrogen) atoms. The zero-order valence-corrected chi connectivity index (χ0v) is 13.5. The first kappa shape index (κ1) is 15.1. The molecule has 4 rings (SSSR count). The molecule has 124 valence electrons. The van der Waals surface area contributed by atoms with E-state index in [0.717, 1.165) is 11.3 Å². The third-order valence-corrected chi connectivity index (χ3v) is 4.45. The summed E-state index contributed by atoms with van der Waals surface area (Å²) in [7, 11) is 1.66. The summed E-state index contributed by atoms with van der Waals surface area (Å²) < 4.78 is 23.3. The second-order valence-corrected chi connectivity index (χ2v) is 6.52. The number of methoxy groups -OCH3 is 1. The van der Waals surface area contributed by atoms with Crippen LogP contribution in [0.4, 0.5) is 0 Å². The van der Waals surface area contributed by atoms with Crippen LogP contribution in [0, 0.1) is 0 Å². The molecule has 0 amide bonds. The number of hydrogen-bond acceptors (Lipinski definition) is 6. The summed E-state index contributed by atoms with van der Waals surface area (Å²) in [4.78, 5) is 5.59. The molecule has 6 heteroatoms. The molecule has 0 bridgehead atoms. The normalized spacial score (nSPS) is 38.2. The van der Waals surface area contributed by atoms with Crippen LogP contribution < -0.4 is 0 Å². The molecule has 0 spiro atoms. The second kappa shape index (κ2) is 5.56. The molecule has 0 radical (unpaired) electrons. The lowest BCUT2D eigenvalue weighted by Gasteiger charge is -2.24. The van der Waals surface area contributed by atoms with Crippen molar-refractivity contribution in [1.29, 1.82) is 0 Å². The maximum Gasteiger partial charge on any atom is 0.190 e. The average Bonchev–Trinajstić information content (AvgIpc) is 3.19. The Morgan fingerprint density at radius 1 is 1.17 bits per heavy atom. The fraction of sp³-hybridized carbons (Fsp3) is 0.588. The summed E-state index contributed by atoms with van der Waals surface area (Å²) in [6.07, 6.45) is -0.640. The van der Waals surface area contributed by atoms with E-state index in [-0.39, 0.29) is 24.4 Å². The number of nitrogens with zero attached hydrogens (tertiary/aromatic N) is 1. The largest absolute Gasteiger partial charge is 0.387 e. The van der Waals surface area contributed by atoms with Gasteiger partial charge in [0.2, 0.25) is 0 Å². The molecule has 0 aromatic heterocycles. The molecule has 1 aromatic carbocycles. The van der Waals surface area contributed by atoms with Crippen LogP contribution in [0.25, 0.3) is 0 Å². The van der Waals surface area contributed by atoms with E-state index in [1.807, 2.05) is 44.2 Å². The quantitative estimate of drug-likeness (QED) is 0.856. The van der Waals surface area contributed by atoms with Gasteiger partial charge in [0.15, 0.2) is 18.2 Å². The van der Waals surface area contributed by atoms with Crippen LogP contribution in [0.3, 0.4) is 0 Å². The zero-order valence-electron chi connectivity index (χ0n) is 13.5. The standard InChI is InChI=1S/C17H21NO5/c1-17(2)21-15-14(19-3)13(20-16(15)22-17)11-9-12(23-18-11)10-7-5-4-6-8-10/h4-8,12-16H,9H2,1-3H3/t12-,13+,14-,15+,16+/m0/s1. The molecule has 3 aliphatic heterocycles. The summed E-state index contributed by atoms with van der Waals surface area (Å²) in [5.41, 5.74) is 1.94. The molecular formula is C17H21NO5. The van der Waals surface area contributed by atoms with Crippen LogP contribution in [0.1, 0.15) is 31.9 Å². The van der Waals surface area contributed by atoms with Gasteiger partial charge in [-0.2, -0.15) is 0 Å². The van der Waals surface area contributed by atoms with Gasteiger partial charge in [0, 0.05) is 13.5 Å². The Morgan fingerprint density at radius 2 is 1.96 bits per heavy atom. The monoisotopic (exact) mass is 319 g/mol.